The van der Waals surface area contributed by atoms with Crippen molar-refractivity contribution in [2.45, 2.75) is 26.8 Å². The molecule has 0 saturated carbocycles. The number of hydrogen-bond acceptors (Lipinski definition) is 6. The van der Waals surface area contributed by atoms with Crippen molar-refractivity contribution < 1.29 is 4.92 Å². The first-order valence-electron chi connectivity index (χ1n) is 5.77. The zero-order valence-corrected chi connectivity index (χ0v) is 11.7. The SMILES string of the molecule is Cc1cnc(NC(C)c2ncc(C)s2)c([N+](=O)[O-])c1. The van der Waals surface area contributed by atoms with Crippen molar-refractivity contribution in [3.05, 3.63) is 44.0 Å². The number of pyridine rings is 1. The summed E-state index contributed by atoms with van der Waals surface area (Å²) in [5, 5.41) is 14.9. The molecule has 0 bridgehead atoms. The monoisotopic (exact) mass is 278 g/mol. The molecule has 0 amide bonds. The third-order valence-corrected chi connectivity index (χ3v) is 3.66. The van der Waals surface area contributed by atoms with E-state index < -0.39 is 4.92 Å². The van der Waals surface area contributed by atoms with Gasteiger partial charge in [0.1, 0.15) is 5.01 Å². The number of nitrogens with zero attached hydrogens (tertiary/aromatic N) is 3. The van der Waals surface area contributed by atoms with E-state index in [1.54, 1.807) is 30.7 Å². The van der Waals surface area contributed by atoms with E-state index in [4.69, 9.17) is 0 Å². The van der Waals surface area contributed by atoms with Crippen LogP contribution in [0.15, 0.2) is 18.5 Å². The van der Waals surface area contributed by atoms with Crippen LogP contribution >= 0.6 is 11.3 Å². The zero-order chi connectivity index (χ0) is 14.0. The zero-order valence-electron chi connectivity index (χ0n) is 10.9. The lowest BCUT2D eigenvalue weighted by atomic mass is 10.2. The van der Waals surface area contributed by atoms with Gasteiger partial charge in [0.25, 0.3) is 0 Å². The molecule has 2 heterocycles. The van der Waals surface area contributed by atoms with Crippen LogP contribution in [0.4, 0.5) is 11.5 Å². The minimum Gasteiger partial charge on any atom is -0.355 e. The number of thiazole rings is 1. The van der Waals surface area contributed by atoms with Gasteiger partial charge in [-0.2, -0.15) is 0 Å². The standard InChI is InChI=1S/C12H14N4O2S/c1-7-4-10(16(17)18)11(13-5-7)15-9(3)12-14-6-8(2)19-12/h4-6,9H,1-3H3,(H,13,15). The molecule has 1 atom stereocenters. The Balaban J connectivity index is 2.26. The number of anilines is 1. The molecule has 0 aliphatic rings. The Bertz CT molecular complexity index is 612. The van der Waals surface area contributed by atoms with Gasteiger partial charge in [-0.3, -0.25) is 10.1 Å². The van der Waals surface area contributed by atoms with E-state index in [0.29, 0.717) is 0 Å². The predicted octanol–water partition coefficient (Wildman–Crippen LogP) is 3.24. The minimum atomic E-state index is -0.428. The molecule has 2 aromatic heterocycles. The Morgan fingerprint density at radius 3 is 2.68 bits per heavy atom. The summed E-state index contributed by atoms with van der Waals surface area (Å²) in [6.45, 7) is 5.65. The third-order valence-electron chi connectivity index (χ3n) is 2.56. The van der Waals surface area contributed by atoms with Crippen molar-refractivity contribution in [2.75, 3.05) is 5.32 Å². The Hall–Kier alpha value is -2.02. The highest BCUT2D eigenvalue weighted by atomic mass is 32.1. The molecule has 2 rings (SSSR count). The Kier molecular flexibility index (Phi) is 3.75. The fourth-order valence-corrected chi connectivity index (χ4v) is 2.42. The summed E-state index contributed by atoms with van der Waals surface area (Å²) in [5.74, 6) is 0.274. The second-order valence-electron chi connectivity index (χ2n) is 4.31. The van der Waals surface area contributed by atoms with Gasteiger partial charge in [-0.05, 0) is 26.3 Å². The summed E-state index contributed by atoms with van der Waals surface area (Å²) in [5.41, 5.74) is 0.745. The second-order valence-corrected chi connectivity index (χ2v) is 5.58. The van der Waals surface area contributed by atoms with Crippen LogP contribution in [0.5, 0.6) is 0 Å². The Morgan fingerprint density at radius 1 is 1.37 bits per heavy atom. The Morgan fingerprint density at radius 2 is 2.11 bits per heavy atom. The predicted molar refractivity (Wildman–Crippen MR) is 74.5 cm³/mol. The van der Waals surface area contributed by atoms with Gasteiger partial charge < -0.3 is 5.32 Å². The van der Waals surface area contributed by atoms with Crippen LogP contribution in [0.1, 0.15) is 28.4 Å². The minimum absolute atomic E-state index is 0.0138. The van der Waals surface area contributed by atoms with E-state index in [9.17, 15) is 10.1 Å². The van der Waals surface area contributed by atoms with Crippen molar-refractivity contribution in [2.24, 2.45) is 0 Å². The van der Waals surface area contributed by atoms with Gasteiger partial charge in [0, 0.05) is 23.3 Å². The van der Waals surface area contributed by atoms with E-state index >= 15 is 0 Å². The fourth-order valence-electron chi connectivity index (χ4n) is 1.64. The maximum absolute atomic E-state index is 11.0. The van der Waals surface area contributed by atoms with Crippen molar-refractivity contribution in [1.82, 2.24) is 9.97 Å². The number of aryl methyl sites for hydroxylation is 2. The largest absolute Gasteiger partial charge is 0.355 e. The van der Waals surface area contributed by atoms with Gasteiger partial charge in [-0.1, -0.05) is 0 Å². The lowest BCUT2D eigenvalue weighted by Gasteiger charge is -2.12. The summed E-state index contributed by atoms with van der Waals surface area (Å²) < 4.78 is 0. The molecule has 0 aliphatic carbocycles. The lowest BCUT2D eigenvalue weighted by Crippen LogP contribution is -2.09. The molecule has 1 N–H and O–H groups in total. The molecule has 0 saturated heterocycles. The molecule has 0 aromatic carbocycles. The van der Waals surface area contributed by atoms with Crippen LogP contribution < -0.4 is 5.32 Å². The molecule has 100 valence electrons. The first-order chi connectivity index (χ1) is 8.97. The number of nitro groups is 1. The first-order valence-corrected chi connectivity index (χ1v) is 6.59. The van der Waals surface area contributed by atoms with Crippen LogP contribution in [0.2, 0.25) is 0 Å². The van der Waals surface area contributed by atoms with Crippen molar-refractivity contribution in [1.29, 1.82) is 0 Å². The van der Waals surface area contributed by atoms with Gasteiger partial charge in [0.15, 0.2) is 0 Å². The van der Waals surface area contributed by atoms with Crippen LogP contribution in [-0.2, 0) is 0 Å². The van der Waals surface area contributed by atoms with Crippen molar-refractivity contribution in [3.8, 4) is 0 Å². The highest BCUT2D eigenvalue weighted by Gasteiger charge is 2.19. The van der Waals surface area contributed by atoms with E-state index in [0.717, 1.165) is 15.4 Å². The quantitative estimate of drug-likeness (QED) is 0.686. The van der Waals surface area contributed by atoms with Crippen LogP contribution in [0.3, 0.4) is 0 Å². The molecule has 1 unspecified atom stereocenters. The smallest absolute Gasteiger partial charge is 0.311 e. The summed E-state index contributed by atoms with van der Waals surface area (Å²) in [4.78, 5) is 20.0. The summed E-state index contributed by atoms with van der Waals surface area (Å²) in [6, 6.07) is 1.39. The van der Waals surface area contributed by atoms with Crippen LogP contribution in [0.25, 0.3) is 0 Å². The average Bonchev–Trinajstić information content (AvgIpc) is 2.78. The molecule has 0 fully saturated rings. The topological polar surface area (TPSA) is 81.0 Å². The molecule has 0 aliphatic heterocycles. The molecule has 19 heavy (non-hydrogen) atoms. The molecule has 7 heteroatoms. The van der Waals surface area contributed by atoms with Crippen molar-refractivity contribution >= 4 is 22.8 Å². The molecule has 6 nitrogen and oxygen atoms in total. The molecular formula is C12H14N4O2S. The number of aromatic nitrogens is 2. The molecule has 0 radical (unpaired) electrons. The molecule has 0 spiro atoms. The maximum Gasteiger partial charge on any atom is 0.311 e. The summed E-state index contributed by atoms with van der Waals surface area (Å²) in [7, 11) is 0. The number of rotatable bonds is 4. The number of nitrogens with one attached hydrogen (secondary N) is 1. The van der Waals surface area contributed by atoms with Gasteiger partial charge in [-0.25, -0.2) is 9.97 Å². The van der Waals surface area contributed by atoms with E-state index in [2.05, 4.69) is 15.3 Å². The summed E-state index contributed by atoms with van der Waals surface area (Å²) >= 11 is 1.56. The second kappa shape index (κ2) is 5.31. The first kappa shape index (κ1) is 13.4. The number of hydrogen-bond donors (Lipinski definition) is 1. The molecule has 2 aromatic rings. The van der Waals surface area contributed by atoms with E-state index in [1.165, 1.54) is 6.07 Å². The third kappa shape index (κ3) is 3.05. The van der Waals surface area contributed by atoms with E-state index in [1.807, 2.05) is 13.8 Å². The summed E-state index contributed by atoms with van der Waals surface area (Å²) in [6.07, 6.45) is 3.39. The molecular weight excluding hydrogens is 264 g/mol. The van der Waals surface area contributed by atoms with Crippen LogP contribution in [0, 0.1) is 24.0 Å². The van der Waals surface area contributed by atoms with Gasteiger partial charge in [-0.15, -0.1) is 11.3 Å². The van der Waals surface area contributed by atoms with Gasteiger partial charge >= 0.3 is 5.69 Å². The van der Waals surface area contributed by atoms with Gasteiger partial charge in [0.2, 0.25) is 5.82 Å². The lowest BCUT2D eigenvalue weighted by molar-refractivity contribution is -0.384. The Labute approximate surface area is 114 Å². The van der Waals surface area contributed by atoms with Gasteiger partial charge in [0.05, 0.1) is 11.0 Å². The average molecular weight is 278 g/mol. The van der Waals surface area contributed by atoms with Crippen LogP contribution in [-0.4, -0.2) is 14.9 Å². The highest BCUT2D eigenvalue weighted by molar-refractivity contribution is 7.11. The maximum atomic E-state index is 11.0. The highest BCUT2D eigenvalue weighted by Crippen LogP contribution is 2.28. The fraction of sp³-hybridized carbons (Fsp3) is 0.333. The normalized spacial score (nSPS) is 12.2. The van der Waals surface area contributed by atoms with E-state index in [-0.39, 0.29) is 17.5 Å². The van der Waals surface area contributed by atoms with Crippen molar-refractivity contribution in [3.63, 3.8) is 0 Å².